The molecule has 88 valence electrons. The molecule has 0 aromatic heterocycles. The summed E-state index contributed by atoms with van der Waals surface area (Å²) in [7, 11) is 0. The summed E-state index contributed by atoms with van der Waals surface area (Å²) in [6.07, 6.45) is 11.1. The Morgan fingerprint density at radius 2 is 1.69 bits per heavy atom. The predicted octanol–water partition coefficient (Wildman–Crippen LogP) is 3.34. The van der Waals surface area contributed by atoms with Crippen LogP contribution in [0.5, 0.6) is 0 Å². The summed E-state index contributed by atoms with van der Waals surface area (Å²) >= 11 is 1.86. The van der Waals surface area contributed by atoms with Crippen LogP contribution in [0.25, 0.3) is 0 Å². The molecule has 1 aliphatic heterocycles. The van der Waals surface area contributed by atoms with E-state index in [0.717, 1.165) is 17.7 Å². The average molecular weight is 237 g/mol. The van der Waals surface area contributed by atoms with Crippen molar-refractivity contribution < 1.29 is 4.79 Å². The highest BCUT2D eigenvalue weighted by atomic mass is 32.2. The number of carbonyl (C=O) groups excluding carboxylic acids is 1. The lowest BCUT2D eigenvalue weighted by atomic mass is 9.95. The van der Waals surface area contributed by atoms with Crippen molar-refractivity contribution in [3.05, 3.63) is 10.5 Å². The van der Waals surface area contributed by atoms with E-state index in [1.165, 1.54) is 50.5 Å². The van der Waals surface area contributed by atoms with Crippen LogP contribution in [0.3, 0.4) is 0 Å². The second-order valence-electron chi connectivity index (χ2n) is 5.25. The van der Waals surface area contributed by atoms with Crippen molar-refractivity contribution in [1.29, 1.82) is 0 Å². The molecular weight excluding hydrogens is 218 g/mol. The summed E-state index contributed by atoms with van der Waals surface area (Å²) in [4.78, 5) is 13.2. The molecule has 3 aliphatic rings. The smallest absolute Gasteiger partial charge is 0.258 e. The van der Waals surface area contributed by atoms with Crippen LogP contribution in [0.1, 0.15) is 57.8 Å². The third-order valence-corrected chi connectivity index (χ3v) is 5.61. The van der Waals surface area contributed by atoms with Gasteiger partial charge in [-0.2, -0.15) is 0 Å². The molecule has 0 aromatic carbocycles. The molecule has 0 radical (unpaired) electrons. The summed E-state index contributed by atoms with van der Waals surface area (Å²) < 4.78 is 0. The molecule has 0 bridgehead atoms. The van der Waals surface area contributed by atoms with E-state index in [-0.39, 0.29) is 10.8 Å². The molecule has 1 amide bonds. The third kappa shape index (κ3) is 1.79. The van der Waals surface area contributed by atoms with Crippen molar-refractivity contribution in [2.75, 3.05) is 0 Å². The maximum Gasteiger partial charge on any atom is 0.258 e. The monoisotopic (exact) mass is 237 g/mol. The van der Waals surface area contributed by atoms with Gasteiger partial charge in [-0.25, -0.2) is 0 Å². The van der Waals surface area contributed by atoms with E-state index < -0.39 is 0 Å². The standard InChI is InChI=1S/C13H19NOS/c15-12-11(10-6-2-3-7-10)16-13(14-12)8-4-1-5-9-13/h1-9H2,(H,14,15). The number of hydrogen-bond acceptors (Lipinski definition) is 2. The Bertz CT molecular complexity index is 334. The number of thioether (sulfide) groups is 1. The van der Waals surface area contributed by atoms with Gasteiger partial charge in [0.25, 0.3) is 5.91 Å². The van der Waals surface area contributed by atoms with Crippen molar-refractivity contribution in [2.24, 2.45) is 0 Å². The molecule has 1 spiro atoms. The van der Waals surface area contributed by atoms with Crippen molar-refractivity contribution >= 4 is 17.7 Å². The highest BCUT2D eigenvalue weighted by molar-refractivity contribution is 8.05. The molecule has 16 heavy (non-hydrogen) atoms. The number of nitrogens with one attached hydrogen (secondary N) is 1. The van der Waals surface area contributed by atoms with Gasteiger partial charge in [0.15, 0.2) is 0 Å². The van der Waals surface area contributed by atoms with Gasteiger partial charge < -0.3 is 5.32 Å². The first kappa shape index (κ1) is 10.7. The van der Waals surface area contributed by atoms with Crippen LogP contribution in [0.2, 0.25) is 0 Å². The zero-order valence-electron chi connectivity index (χ0n) is 9.68. The van der Waals surface area contributed by atoms with Gasteiger partial charge in [-0.3, -0.25) is 4.79 Å². The third-order valence-electron chi connectivity index (χ3n) is 4.03. The lowest BCUT2D eigenvalue weighted by Crippen LogP contribution is -2.40. The van der Waals surface area contributed by atoms with Crippen LogP contribution >= 0.6 is 11.8 Å². The van der Waals surface area contributed by atoms with Gasteiger partial charge in [0.2, 0.25) is 0 Å². The van der Waals surface area contributed by atoms with E-state index in [0.29, 0.717) is 0 Å². The first-order valence-corrected chi connectivity index (χ1v) is 7.34. The summed E-state index contributed by atoms with van der Waals surface area (Å²) in [5.74, 6) is 0.226. The van der Waals surface area contributed by atoms with Gasteiger partial charge in [0, 0.05) is 0 Å². The average Bonchev–Trinajstić information content (AvgIpc) is 2.88. The summed E-state index contributed by atoms with van der Waals surface area (Å²) in [5.41, 5.74) is 1.44. The highest BCUT2D eigenvalue weighted by Crippen LogP contribution is 2.48. The quantitative estimate of drug-likeness (QED) is 0.655. The Morgan fingerprint density at radius 1 is 1.00 bits per heavy atom. The van der Waals surface area contributed by atoms with E-state index in [4.69, 9.17) is 0 Å². The molecule has 2 saturated carbocycles. The highest BCUT2D eigenvalue weighted by Gasteiger charge is 2.43. The zero-order valence-corrected chi connectivity index (χ0v) is 10.5. The summed E-state index contributed by atoms with van der Waals surface area (Å²) in [6.45, 7) is 0. The van der Waals surface area contributed by atoms with Crippen LogP contribution in [0.15, 0.2) is 10.5 Å². The first-order chi connectivity index (χ1) is 7.79. The van der Waals surface area contributed by atoms with Crippen LogP contribution < -0.4 is 5.32 Å². The minimum Gasteiger partial charge on any atom is -0.337 e. The van der Waals surface area contributed by atoms with Gasteiger partial charge in [0.1, 0.15) is 0 Å². The van der Waals surface area contributed by atoms with Crippen molar-refractivity contribution in [3.63, 3.8) is 0 Å². The lowest BCUT2D eigenvalue weighted by molar-refractivity contribution is -0.117. The molecule has 0 unspecified atom stereocenters. The molecule has 1 N–H and O–H groups in total. The van der Waals surface area contributed by atoms with Gasteiger partial charge in [-0.05, 0) is 38.5 Å². The number of hydrogen-bond donors (Lipinski definition) is 1. The van der Waals surface area contributed by atoms with E-state index in [1.807, 2.05) is 11.8 Å². The Labute approximate surface area is 101 Å². The fraction of sp³-hybridized carbons (Fsp3) is 0.769. The van der Waals surface area contributed by atoms with Crippen LogP contribution in [-0.4, -0.2) is 10.8 Å². The SMILES string of the molecule is O=C1NC2(CCCCC2)SC1=C1CCCC1. The molecule has 3 fully saturated rings. The first-order valence-electron chi connectivity index (χ1n) is 6.53. The molecular formula is C13H19NOS. The van der Waals surface area contributed by atoms with Gasteiger partial charge in [0.05, 0.1) is 9.78 Å². The lowest BCUT2D eigenvalue weighted by Gasteiger charge is -2.31. The second-order valence-corrected chi connectivity index (χ2v) is 6.64. The fourth-order valence-electron chi connectivity index (χ4n) is 3.14. The molecule has 3 rings (SSSR count). The largest absolute Gasteiger partial charge is 0.337 e. The van der Waals surface area contributed by atoms with Crippen molar-refractivity contribution in [3.8, 4) is 0 Å². The normalized spacial score (nSPS) is 28.9. The van der Waals surface area contributed by atoms with E-state index in [9.17, 15) is 4.79 Å². The number of carbonyl (C=O) groups is 1. The Morgan fingerprint density at radius 3 is 2.38 bits per heavy atom. The number of amides is 1. The molecule has 1 saturated heterocycles. The Balaban J connectivity index is 1.83. The van der Waals surface area contributed by atoms with Gasteiger partial charge in [-0.15, -0.1) is 0 Å². The zero-order chi connectivity index (χ0) is 11.0. The van der Waals surface area contributed by atoms with Crippen molar-refractivity contribution in [1.82, 2.24) is 5.32 Å². The summed E-state index contributed by atoms with van der Waals surface area (Å²) in [6, 6.07) is 0. The van der Waals surface area contributed by atoms with Gasteiger partial charge in [-0.1, -0.05) is 36.6 Å². The second kappa shape index (κ2) is 4.10. The van der Waals surface area contributed by atoms with E-state index >= 15 is 0 Å². The Kier molecular flexibility index (Phi) is 2.74. The molecule has 2 aliphatic carbocycles. The minimum absolute atomic E-state index is 0.0836. The number of allylic oxidation sites excluding steroid dienone is 1. The van der Waals surface area contributed by atoms with E-state index in [2.05, 4.69) is 5.32 Å². The molecule has 0 atom stereocenters. The van der Waals surface area contributed by atoms with Crippen LogP contribution in [0.4, 0.5) is 0 Å². The van der Waals surface area contributed by atoms with Gasteiger partial charge >= 0.3 is 0 Å². The van der Waals surface area contributed by atoms with E-state index in [1.54, 1.807) is 0 Å². The predicted molar refractivity (Wildman–Crippen MR) is 67.0 cm³/mol. The molecule has 2 nitrogen and oxygen atoms in total. The van der Waals surface area contributed by atoms with Crippen LogP contribution in [0, 0.1) is 0 Å². The summed E-state index contributed by atoms with van der Waals surface area (Å²) in [5, 5.41) is 3.26. The van der Waals surface area contributed by atoms with Crippen molar-refractivity contribution in [2.45, 2.75) is 62.7 Å². The Hall–Kier alpha value is -0.440. The maximum atomic E-state index is 12.0. The minimum atomic E-state index is 0.0836. The molecule has 0 aromatic rings. The maximum absolute atomic E-state index is 12.0. The molecule has 3 heteroatoms. The fourth-order valence-corrected chi connectivity index (χ4v) is 4.66. The topological polar surface area (TPSA) is 29.1 Å². The number of rotatable bonds is 0. The molecule has 1 heterocycles. The van der Waals surface area contributed by atoms with Crippen LogP contribution in [-0.2, 0) is 4.79 Å².